The Kier molecular flexibility index (Phi) is 5.72. The number of rotatable bonds is 7. The molecule has 1 N–H and O–H groups in total. The van der Waals surface area contributed by atoms with Gasteiger partial charge < -0.3 is 24.0 Å². The average Bonchev–Trinajstić information content (AvgIpc) is 3.46. The van der Waals surface area contributed by atoms with Crippen molar-refractivity contribution in [3.8, 4) is 17.1 Å². The molecule has 0 radical (unpaired) electrons. The zero-order valence-electron chi connectivity index (χ0n) is 18.8. The van der Waals surface area contributed by atoms with E-state index in [2.05, 4.69) is 20.3 Å². The van der Waals surface area contributed by atoms with Gasteiger partial charge in [0.1, 0.15) is 12.4 Å². The number of hydrogen-bond acceptors (Lipinski definition) is 9. The summed E-state index contributed by atoms with van der Waals surface area (Å²) in [5.74, 6) is 0.864. The van der Waals surface area contributed by atoms with Crippen LogP contribution in [-0.2, 0) is 4.74 Å². The Hall–Kier alpha value is -3.83. The number of pyridine rings is 2. The molecule has 4 aromatic rings. The molecule has 0 aromatic carbocycles. The molecule has 0 saturated carbocycles. The number of methoxy groups -OCH3 is 1. The van der Waals surface area contributed by atoms with Gasteiger partial charge in [-0.1, -0.05) is 5.16 Å². The second-order valence-corrected chi connectivity index (χ2v) is 7.96. The van der Waals surface area contributed by atoms with Crippen molar-refractivity contribution in [3.63, 3.8) is 0 Å². The van der Waals surface area contributed by atoms with Gasteiger partial charge in [0.2, 0.25) is 0 Å². The fourth-order valence-electron chi connectivity index (χ4n) is 3.90. The van der Waals surface area contributed by atoms with Crippen LogP contribution in [0.5, 0.6) is 5.75 Å². The van der Waals surface area contributed by atoms with Gasteiger partial charge in [0, 0.05) is 36.7 Å². The molecular formula is C23H23FN6O4. The molecule has 0 spiro atoms. The molecule has 11 heteroatoms. The van der Waals surface area contributed by atoms with E-state index in [1.165, 1.54) is 6.07 Å². The van der Waals surface area contributed by atoms with Crippen molar-refractivity contribution in [3.05, 3.63) is 65.4 Å². The molecule has 0 fully saturated rings. The minimum absolute atomic E-state index is 0.0770. The predicted octanol–water partition coefficient (Wildman–Crippen LogP) is 3.29. The highest BCUT2D eigenvalue weighted by molar-refractivity contribution is 5.60. The van der Waals surface area contributed by atoms with Crippen LogP contribution in [0.3, 0.4) is 0 Å². The van der Waals surface area contributed by atoms with Crippen molar-refractivity contribution >= 4 is 11.7 Å². The predicted molar refractivity (Wildman–Crippen MR) is 119 cm³/mol. The zero-order chi connectivity index (χ0) is 23.8. The fourth-order valence-corrected chi connectivity index (χ4v) is 3.90. The summed E-state index contributed by atoms with van der Waals surface area (Å²) in [4.78, 5) is 6.07. The smallest absolute Gasteiger partial charge is 0.197 e. The molecule has 4 aromatic heterocycles. The summed E-state index contributed by atoms with van der Waals surface area (Å²) in [6, 6.07) is 4.35. The summed E-state index contributed by atoms with van der Waals surface area (Å²) in [5, 5.41) is 23.2. The van der Waals surface area contributed by atoms with Gasteiger partial charge in [0.05, 0.1) is 30.2 Å². The van der Waals surface area contributed by atoms with E-state index in [4.69, 9.17) is 14.0 Å². The Morgan fingerprint density at radius 3 is 2.85 bits per heavy atom. The van der Waals surface area contributed by atoms with Gasteiger partial charge in [0.15, 0.2) is 29.3 Å². The van der Waals surface area contributed by atoms with Crippen LogP contribution in [0, 0.1) is 12.7 Å². The number of aliphatic hydroxyl groups is 1. The molecule has 34 heavy (non-hydrogen) atoms. The van der Waals surface area contributed by atoms with Crippen molar-refractivity contribution in [2.24, 2.45) is 0 Å². The van der Waals surface area contributed by atoms with Gasteiger partial charge in [-0.3, -0.25) is 9.38 Å². The van der Waals surface area contributed by atoms with E-state index < -0.39 is 18.1 Å². The zero-order valence-corrected chi connectivity index (χ0v) is 18.8. The quantitative estimate of drug-likeness (QED) is 0.410. The highest BCUT2D eigenvalue weighted by Gasteiger charge is 2.30. The average molecular weight is 466 g/mol. The maximum absolute atomic E-state index is 14.8. The van der Waals surface area contributed by atoms with Gasteiger partial charge in [-0.15, -0.1) is 10.2 Å². The van der Waals surface area contributed by atoms with Gasteiger partial charge in [-0.2, -0.15) is 0 Å². The molecule has 1 aliphatic rings. The number of halogens is 1. The molecule has 5 heterocycles. The van der Waals surface area contributed by atoms with Gasteiger partial charge in [0.25, 0.3) is 0 Å². The van der Waals surface area contributed by atoms with E-state index in [1.54, 1.807) is 60.1 Å². The monoisotopic (exact) mass is 466 g/mol. The summed E-state index contributed by atoms with van der Waals surface area (Å²) in [7, 11) is 1.60. The van der Waals surface area contributed by atoms with Crippen molar-refractivity contribution in [1.29, 1.82) is 0 Å². The SMILES string of the molecule is COCCOc1cnc2c(c1)C(O)N([C@@H](C)c1nnc3c(F)cc(-c4cc(C)no4)cn13)C=C2. The molecule has 176 valence electrons. The minimum Gasteiger partial charge on any atom is -0.490 e. The lowest BCUT2D eigenvalue weighted by molar-refractivity contribution is 0.00787. The molecule has 0 amide bonds. The lowest BCUT2D eigenvalue weighted by Gasteiger charge is -2.34. The first-order valence-electron chi connectivity index (χ1n) is 10.7. The Morgan fingerprint density at radius 2 is 2.09 bits per heavy atom. The number of aliphatic hydroxyl groups excluding tert-OH is 1. The van der Waals surface area contributed by atoms with Crippen molar-refractivity contribution in [2.45, 2.75) is 26.1 Å². The van der Waals surface area contributed by atoms with Crippen LogP contribution in [0.1, 0.15) is 42.0 Å². The van der Waals surface area contributed by atoms with Crippen molar-refractivity contribution in [2.75, 3.05) is 20.3 Å². The minimum atomic E-state index is -1.02. The van der Waals surface area contributed by atoms with E-state index in [0.717, 1.165) is 0 Å². The van der Waals surface area contributed by atoms with Crippen LogP contribution in [-0.4, -0.2) is 55.1 Å². The van der Waals surface area contributed by atoms with Crippen LogP contribution in [0.2, 0.25) is 0 Å². The third-order valence-electron chi connectivity index (χ3n) is 5.67. The van der Waals surface area contributed by atoms with Crippen LogP contribution < -0.4 is 4.74 Å². The first-order chi connectivity index (χ1) is 16.5. The summed E-state index contributed by atoms with van der Waals surface area (Å²) >= 11 is 0. The lowest BCUT2D eigenvalue weighted by Crippen LogP contribution is -2.30. The summed E-state index contributed by atoms with van der Waals surface area (Å²) in [6.45, 7) is 4.45. The first kappa shape index (κ1) is 22.0. The standard InChI is InChI=1S/C23H23FN6O4/c1-13-8-20(34-28-13)15-9-18(24)22-27-26-21(30(22)12-15)14(2)29-5-4-19-17(23(29)31)10-16(11-25-19)33-7-6-32-3/h4-5,8-12,14,23,31H,6-7H2,1-3H3/t14-,23?/m0/s1. The molecule has 5 rings (SSSR count). The normalized spacial score (nSPS) is 16.1. The Balaban J connectivity index is 1.47. The van der Waals surface area contributed by atoms with Gasteiger partial charge in [-0.25, -0.2) is 4.39 Å². The number of aromatic nitrogens is 5. The molecule has 0 bridgehead atoms. The van der Waals surface area contributed by atoms with Gasteiger partial charge in [-0.05, 0) is 32.1 Å². The molecule has 2 atom stereocenters. The van der Waals surface area contributed by atoms with Gasteiger partial charge >= 0.3 is 0 Å². The van der Waals surface area contributed by atoms with Crippen LogP contribution in [0.25, 0.3) is 23.0 Å². The lowest BCUT2D eigenvalue weighted by atomic mass is 10.1. The van der Waals surface area contributed by atoms with E-state index in [9.17, 15) is 9.50 Å². The van der Waals surface area contributed by atoms with E-state index in [-0.39, 0.29) is 5.65 Å². The second kappa shape index (κ2) is 8.84. The third kappa shape index (κ3) is 3.88. The molecule has 10 nitrogen and oxygen atoms in total. The summed E-state index contributed by atoms with van der Waals surface area (Å²) in [5.41, 5.74) is 2.48. The van der Waals surface area contributed by atoms with E-state index >= 15 is 0 Å². The highest BCUT2D eigenvalue weighted by atomic mass is 19.1. The van der Waals surface area contributed by atoms with Crippen molar-refractivity contribution < 1.29 is 23.5 Å². The maximum atomic E-state index is 14.8. The largest absolute Gasteiger partial charge is 0.490 e. The number of nitrogens with zero attached hydrogens (tertiary/aromatic N) is 6. The Labute approximate surface area is 194 Å². The highest BCUT2D eigenvalue weighted by Crippen LogP contribution is 2.36. The first-order valence-corrected chi connectivity index (χ1v) is 10.7. The second-order valence-electron chi connectivity index (χ2n) is 7.96. The third-order valence-corrected chi connectivity index (χ3v) is 5.67. The molecule has 0 saturated heterocycles. The fraction of sp³-hybridized carbons (Fsp3) is 0.304. The maximum Gasteiger partial charge on any atom is 0.197 e. The van der Waals surface area contributed by atoms with E-state index in [0.29, 0.717) is 53.1 Å². The summed E-state index contributed by atoms with van der Waals surface area (Å²) in [6.07, 6.45) is 5.81. The number of aryl methyl sites for hydroxylation is 1. The van der Waals surface area contributed by atoms with Crippen molar-refractivity contribution in [1.82, 2.24) is 29.6 Å². The molecule has 0 aliphatic carbocycles. The molecule has 1 aliphatic heterocycles. The Bertz CT molecular complexity index is 1370. The van der Waals surface area contributed by atoms with Crippen LogP contribution in [0.4, 0.5) is 4.39 Å². The topological polar surface area (TPSA) is 111 Å². The number of hydrogen-bond donors (Lipinski definition) is 1. The van der Waals surface area contributed by atoms with Crippen LogP contribution in [0.15, 0.2) is 41.3 Å². The number of ether oxygens (including phenoxy) is 2. The van der Waals surface area contributed by atoms with Crippen LogP contribution >= 0.6 is 0 Å². The number of fused-ring (bicyclic) bond motifs is 2. The van der Waals surface area contributed by atoms with E-state index in [1.807, 2.05) is 6.92 Å². The Morgan fingerprint density at radius 1 is 1.24 bits per heavy atom. The summed E-state index contributed by atoms with van der Waals surface area (Å²) < 4.78 is 32.3. The molecule has 1 unspecified atom stereocenters. The molecular weight excluding hydrogens is 443 g/mol.